The van der Waals surface area contributed by atoms with Gasteiger partial charge in [-0.2, -0.15) is 18.3 Å². The van der Waals surface area contributed by atoms with Crippen LogP contribution in [0.25, 0.3) is 11.5 Å². The molecule has 0 saturated heterocycles. The van der Waals surface area contributed by atoms with E-state index >= 15 is 0 Å². The Kier molecular flexibility index (Phi) is 7.77. The second kappa shape index (κ2) is 11.6. The third-order valence-electron chi connectivity index (χ3n) is 7.79. The number of halogens is 4. The Morgan fingerprint density at radius 3 is 2.49 bits per heavy atom. The van der Waals surface area contributed by atoms with Crippen molar-refractivity contribution in [3.05, 3.63) is 121 Å². The van der Waals surface area contributed by atoms with Gasteiger partial charge in [-0.25, -0.2) is 19.1 Å². The van der Waals surface area contributed by atoms with Gasteiger partial charge in [0.15, 0.2) is 5.82 Å². The van der Waals surface area contributed by atoms with E-state index in [2.05, 4.69) is 36.3 Å². The number of amides is 2. The van der Waals surface area contributed by atoms with Crippen molar-refractivity contribution >= 4 is 33.4 Å². The van der Waals surface area contributed by atoms with Crippen LogP contribution in [0.15, 0.2) is 76.4 Å². The van der Waals surface area contributed by atoms with Gasteiger partial charge in [-0.1, -0.05) is 46.3 Å². The molecule has 45 heavy (non-hydrogen) atoms. The summed E-state index contributed by atoms with van der Waals surface area (Å²) in [4.78, 5) is 50.0. The van der Waals surface area contributed by atoms with Crippen molar-refractivity contribution in [1.82, 2.24) is 34.4 Å². The van der Waals surface area contributed by atoms with Crippen LogP contribution < -0.4 is 10.9 Å². The van der Waals surface area contributed by atoms with Crippen molar-refractivity contribution in [3.63, 3.8) is 0 Å². The molecule has 3 aromatic heterocycles. The third kappa shape index (κ3) is 5.50. The van der Waals surface area contributed by atoms with Gasteiger partial charge in [0.05, 0.1) is 36.4 Å². The summed E-state index contributed by atoms with van der Waals surface area (Å²) >= 11 is 2.92. The Morgan fingerprint density at radius 1 is 1.07 bits per heavy atom. The molecule has 0 fully saturated rings. The van der Waals surface area contributed by atoms with Gasteiger partial charge in [0.1, 0.15) is 11.3 Å². The van der Waals surface area contributed by atoms with Gasteiger partial charge >= 0.3 is 6.18 Å². The number of fused-ring (bicyclic) bond motifs is 3. The standard InChI is InChI=1S/C31H25BrF3N7O3/c1-17-10-21-25(16-40(17)29(44)19-8-9-23(32)22(12-19)31(33,34)35)42-28(20(13-39-42)11-18-6-4-3-5-7-18)41(30(21)45)26-15-37-24(14-38-26)27(43)36-2/h3-9,12-15,17H,10-11,16H2,1-2H3,(H,36,43)/t17-/m1/s1. The van der Waals surface area contributed by atoms with Gasteiger partial charge in [0.25, 0.3) is 17.4 Å². The Hall–Kier alpha value is -4.85. The molecule has 1 N–H and O–H groups in total. The third-order valence-corrected chi connectivity index (χ3v) is 8.48. The molecule has 230 valence electrons. The van der Waals surface area contributed by atoms with Crippen molar-refractivity contribution in [2.24, 2.45) is 0 Å². The normalized spacial score (nSPS) is 14.8. The summed E-state index contributed by atoms with van der Waals surface area (Å²) in [7, 11) is 1.47. The second-order valence-corrected chi connectivity index (χ2v) is 11.5. The summed E-state index contributed by atoms with van der Waals surface area (Å²) < 4.78 is 43.6. The highest BCUT2D eigenvalue weighted by Gasteiger charge is 2.36. The van der Waals surface area contributed by atoms with E-state index in [1.807, 2.05) is 30.3 Å². The maximum Gasteiger partial charge on any atom is 0.417 e. The Balaban J connectivity index is 1.49. The molecule has 0 saturated carbocycles. The van der Waals surface area contributed by atoms with Crippen molar-refractivity contribution in [1.29, 1.82) is 0 Å². The summed E-state index contributed by atoms with van der Waals surface area (Å²) in [5, 5.41) is 7.10. The van der Waals surface area contributed by atoms with Gasteiger partial charge in [-0.3, -0.25) is 14.4 Å². The minimum atomic E-state index is -4.65. The molecule has 0 spiro atoms. The molecule has 1 aliphatic rings. The molecule has 2 aromatic carbocycles. The van der Waals surface area contributed by atoms with E-state index in [1.165, 1.54) is 41.0 Å². The molecule has 2 amide bonds. The van der Waals surface area contributed by atoms with E-state index in [0.717, 1.165) is 11.6 Å². The van der Waals surface area contributed by atoms with Crippen LogP contribution in [0.3, 0.4) is 0 Å². The van der Waals surface area contributed by atoms with Gasteiger partial charge in [-0.15, -0.1) is 0 Å². The Bertz CT molecular complexity index is 2010. The molecule has 0 aliphatic carbocycles. The number of carbonyl (C=O) groups is 2. The average molecular weight is 680 g/mol. The quantitative estimate of drug-likeness (QED) is 0.291. The first-order valence-corrected chi connectivity index (χ1v) is 14.7. The fourth-order valence-corrected chi connectivity index (χ4v) is 6.00. The summed E-state index contributed by atoms with van der Waals surface area (Å²) in [5.41, 5.74) is 1.49. The SMILES string of the molecule is CNC(=O)c1cnc(-n2c(=O)c3c(n4ncc(Cc5ccccc5)c24)CN(C(=O)c2ccc(Br)c(C(F)(F)F)c2)[C@H](C)C3)cn1. The highest BCUT2D eigenvalue weighted by Crippen LogP contribution is 2.36. The van der Waals surface area contributed by atoms with Crippen molar-refractivity contribution in [2.75, 3.05) is 7.05 Å². The zero-order valence-electron chi connectivity index (χ0n) is 24.0. The molecule has 0 bridgehead atoms. The fourth-order valence-electron chi connectivity index (χ4n) is 5.53. The molecule has 1 atom stereocenters. The molecule has 4 heterocycles. The summed E-state index contributed by atoms with van der Waals surface area (Å²) in [6, 6.07) is 12.4. The molecule has 1 aliphatic heterocycles. The van der Waals surface area contributed by atoms with Crippen molar-refractivity contribution < 1.29 is 22.8 Å². The lowest BCUT2D eigenvalue weighted by Gasteiger charge is -2.35. The predicted octanol–water partition coefficient (Wildman–Crippen LogP) is 4.59. The predicted molar refractivity (Wildman–Crippen MR) is 161 cm³/mol. The summed E-state index contributed by atoms with van der Waals surface area (Å²) in [6.07, 6.45) is 0.143. The average Bonchev–Trinajstić information content (AvgIpc) is 3.43. The zero-order valence-corrected chi connectivity index (χ0v) is 25.6. The van der Waals surface area contributed by atoms with E-state index < -0.39 is 35.2 Å². The summed E-state index contributed by atoms with van der Waals surface area (Å²) in [6.45, 7) is 1.67. The Morgan fingerprint density at radius 2 is 1.82 bits per heavy atom. The van der Waals surface area contributed by atoms with Gasteiger partial charge in [-0.05, 0) is 37.1 Å². The minimum absolute atomic E-state index is 0.0624. The van der Waals surface area contributed by atoms with Crippen LogP contribution in [0.2, 0.25) is 0 Å². The lowest BCUT2D eigenvalue weighted by Crippen LogP contribution is -2.46. The van der Waals surface area contributed by atoms with Crippen LogP contribution in [0.5, 0.6) is 0 Å². The van der Waals surface area contributed by atoms with E-state index in [0.29, 0.717) is 28.9 Å². The number of carbonyl (C=O) groups excluding carboxylic acids is 2. The van der Waals surface area contributed by atoms with E-state index in [9.17, 15) is 27.6 Å². The molecular weight excluding hydrogens is 655 g/mol. The number of hydrogen-bond donors (Lipinski definition) is 1. The maximum absolute atomic E-state index is 14.2. The van der Waals surface area contributed by atoms with Crippen LogP contribution >= 0.6 is 15.9 Å². The number of nitrogens with zero attached hydrogens (tertiary/aromatic N) is 6. The highest BCUT2D eigenvalue weighted by atomic mass is 79.9. The molecule has 0 unspecified atom stereocenters. The van der Waals surface area contributed by atoms with Gasteiger partial charge in [0, 0.05) is 40.7 Å². The molecule has 0 radical (unpaired) electrons. The van der Waals surface area contributed by atoms with Crippen LogP contribution in [-0.4, -0.2) is 54.0 Å². The molecule has 5 aromatic rings. The molecule has 6 rings (SSSR count). The van der Waals surface area contributed by atoms with Crippen LogP contribution in [0.4, 0.5) is 13.2 Å². The maximum atomic E-state index is 14.2. The largest absolute Gasteiger partial charge is 0.417 e. The monoisotopic (exact) mass is 679 g/mol. The molecular formula is C31H25BrF3N7O3. The number of rotatable bonds is 5. The van der Waals surface area contributed by atoms with Crippen LogP contribution in [0, 0.1) is 0 Å². The smallest absolute Gasteiger partial charge is 0.354 e. The fraction of sp³-hybridized carbons (Fsp3) is 0.226. The van der Waals surface area contributed by atoms with Crippen LogP contribution in [0.1, 0.15) is 55.7 Å². The Labute approximate surface area is 262 Å². The zero-order chi connectivity index (χ0) is 32.0. The topological polar surface area (TPSA) is 114 Å². The highest BCUT2D eigenvalue weighted by molar-refractivity contribution is 9.10. The first-order chi connectivity index (χ1) is 21.5. The number of hydrogen-bond acceptors (Lipinski definition) is 6. The summed E-state index contributed by atoms with van der Waals surface area (Å²) in [5.74, 6) is -0.857. The number of nitrogens with one attached hydrogen (secondary N) is 1. The van der Waals surface area contributed by atoms with Gasteiger partial charge < -0.3 is 10.2 Å². The second-order valence-electron chi connectivity index (χ2n) is 10.7. The van der Waals surface area contributed by atoms with E-state index in [1.54, 1.807) is 17.6 Å². The number of benzene rings is 2. The lowest BCUT2D eigenvalue weighted by molar-refractivity contribution is -0.138. The first-order valence-electron chi connectivity index (χ1n) is 13.9. The number of alkyl halides is 3. The van der Waals surface area contributed by atoms with Crippen molar-refractivity contribution in [2.45, 2.75) is 38.5 Å². The first kappa shape index (κ1) is 30.2. The van der Waals surface area contributed by atoms with Gasteiger partial charge in [0.2, 0.25) is 0 Å². The van der Waals surface area contributed by atoms with Crippen molar-refractivity contribution in [3.8, 4) is 5.82 Å². The van der Waals surface area contributed by atoms with Crippen LogP contribution in [-0.2, 0) is 25.6 Å². The number of aromatic nitrogens is 5. The van der Waals surface area contributed by atoms with E-state index in [-0.39, 0.29) is 34.5 Å². The molecule has 14 heteroatoms. The minimum Gasteiger partial charge on any atom is -0.354 e. The van der Waals surface area contributed by atoms with E-state index in [4.69, 9.17) is 0 Å². The molecule has 10 nitrogen and oxygen atoms in total. The lowest BCUT2D eigenvalue weighted by atomic mass is 9.98.